The van der Waals surface area contributed by atoms with Crippen LogP contribution in [0.2, 0.25) is 0 Å². The first-order valence-electron chi connectivity index (χ1n) is 12.3. The van der Waals surface area contributed by atoms with Crippen LogP contribution in [-0.2, 0) is 11.2 Å². The molecular weight excluding hydrogens is 442 g/mol. The van der Waals surface area contributed by atoms with Gasteiger partial charge in [-0.05, 0) is 91.7 Å². The van der Waals surface area contributed by atoms with Crippen molar-refractivity contribution in [3.8, 4) is 22.9 Å². The number of hydrogen-bond donors (Lipinski definition) is 2. The number of aliphatic carboxylic acids is 1. The smallest absolute Gasteiger partial charge is 0.303 e. The summed E-state index contributed by atoms with van der Waals surface area (Å²) >= 11 is 0. The summed E-state index contributed by atoms with van der Waals surface area (Å²) in [4.78, 5) is 20.3. The van der Waals surface area contributed by atoms with Crippen molar-refractivity contribution in [3.05, 3.63) is 71.5 Å². The first kappa shape index (κ1) is 24.7. The number of hydrogen-bond acceptors (Lipinski definition) is 6. The van der Waals surface area contributed by atoms with E-state index in [0.29, 0.717) is 12.4 Å². The molecule has 0 aliphatic heterocycles. The quantitative estimate of drug-likeness (QED) is 0.349. The van der Waals surface area contributed by atoms with E-state index in [1.807, 2.05) is 48.7 Å². The molecule has 184 valence electrons. The molecule has 1 aliphatic carbocycles. The second-order valence-corrected chi connectivity index (χ2v) is 8.84. The molecule has 1 heterocycles. The molecule has 2 N–H and O–H groups in total. The molecule has 35 heavy (non-hydrogen) atoms. The molecule has 0 saturated heterocycles. The van der Waals surface area contributed by atoms with Crippen molar-refractivity contribution in [1.29, 1.82) is 0 Å². The zero-order valence-corrected chi connectivity index (χ0v) is 20.4. The lowest BCUT2D eigenvalue weighted by atomic mass is 9.98. The lowest BCUT2D eigenvalue weighted by Crippen LogP contribution is -2.24. The van der Waals surface area contributed by atoms with E-state index in [1.54, 1.807) is 7.11 Å². The van der Waals surface area contributed by atoms with Gasteiger partial charge < -0.3 is 19.9 Å². The molecule has 1 aromatic heterocycles. The third kappa shape index (κ3) is 6.36. The first-order valence-corrected chi connectivity index (χ1v) is 12.3. The normalized spacial score (nSPS) is 15.4. The van der Waals surface area contributed by atoms with Crippen LogP contribution in [0.15, 0.2) is 54.7 Å². The largest absolute Gasteiger partial charge is 0.497 e. The van der Waals surface area contributed by atoms with E-state index < -0.39 is 5.97 Å². The lowest BCUT2D eigenvalue weighted by molar-refractivity contribution is -0.137. The average Bonchev–Trinajstić information content (AvgIpc) is 3.27. The number of fused-ring (bicyclic) bond motifs is 1. The van der Waals surface area contributed by atoms with Crippen LogP contribution in [-0.4, -0.2) is 41.3 Å². The minimum absolute atomic E-state index is 0.124. The van der Waals surface area contributed by atoms with Gasteiger partial charge in [0.15, 0.2) is 5.82 Å². The Bertz CT molecular complexity index is 1130. The Morgan fingerprint density at radius 1 is 1.17 bits per heavy atom. The molecule has 4 rings (SSSR count). The van der Waals surface area contributed by atoms with E-state index in [4.69, 9.17) is 19.6 Å². The Labute approximate surface area is 206 Å². The molecule has 0 fully saturated rings. The van der Waals surface area contributed by atoms with Crippen molar-refractivity contribution >= 4 is 5.97 Å². The summed E-state index contributed by atoms with van der Waals surface area (Å²) in [5, 5.41) is 12.7. The Morgan fingerprint density at radius 2 is 1.97 bits per heavy atom. The van der Waals surface area contributed by atoms with E-state index in [9.17, 15) is 4.79 Å². The van der Waals surface area contributed by atoms with Crippen molar-refractivity contribution in [2.45, 2.75) is 51.0 Å². The summed E-state index contributed by atoms with van der Waals surface area (Å²) < 4.78 is 11.2. The average molecular weight is 476 g/mol. The Morgan fingerprint density at radius 3 is 2.71 bits per heavy atom. The van der Waals surface area contributed by atoms with Crippen LogP contribution < -0.4 is 14.8 Å². The summed E-state index contributed by atoms with van der Waals surface area (Å²) in [5.74, 6) is 1.75. The molecule has 0 radical (unpaired) electrons. The highest BCUT2D eigenvalue weighted by Crippen LogP contribution is 2.37. The van der Waals surface area contributed by atoms with E-state index >= 15 is 0 Å². The zero-order valence-electron chi connectivity index (χ0n) is 20.4. The fourth-order valence-corrected chi connectivity index (χ4v) is 4.64. The zero-order chi connectivity index (χ0) is 24.6. The minimum Gasteiger partial charge on any atom is -0.497 e. The topological polar surface area (TPSA) is 93.6 Å². The van der Waals surface area contributed by atoms with Crippen LogP contribution in [0.1, 0.15) is 61.4 Å². The Balaban J connectivity index is 1.26. The molecule has 7 heteroatoms. The fraction of sp³-hybridized carbons (Fsp3) is 0.393. The highest BCUT2D eigenvalue weighted by atomic mass is 16.5. The predicted molar refractivity (Wildman–Crippen MR) is 135 cm³/mol. The minimum atomic E-state index is -0.736. The molecule has 2 atom stereocenters. The number of carboxylic acids is 1. The van der Waals surface area contributed by atoms with Crippen LogP contribution >= 0.6 is 0 Å². The number of aryl methyl sites for hydroxylation is 1. The maximum absolute atomic E-state index is 11.1. The van der Waals surface area contributed by atoms with Gasteiger partial charge in [0.25, 0.3) is 0 Å². The lowest BCUT2D eigenvalue weighted by Gasteiger charge is -2.17. The number of benzene rings is 2. The summed E-state index contributed by atoms with van der Waals surface area (Å²) in [6.45, 7) is 3.57. The monoisotopic (exact) mass is 475 g/mol. The molecule has 3 aromatic rings. The number of methoxy groups -OCH3 is 1. The second kappa shape index (κ2) is 11.8. The number of aromatic nitrogens is 2. The molecule has 0 saturated carbocycles. The Kier molecular flexibility index (Phi) is 8.32. The van der Waals surface area contributed by atoms with E-state index in [-0.39, 0.29) is 18.4 Å². The van der Waals surface area contributed by atoms with Gasteiger partial charge in [0.2, 0.25) is 0 Å². The van der Waals surface area contributed by atoms with Crippen LogP contribution in [0.4, 0.5) is 0 Å². The third-order valence-electron chi connectivity index (χ3n) is 6.51. The molecule has 0 spiro atoms. The number of nitrogens with one attached hydrogen (secondary N) is 1. The maximum atomic E-state index is 11.1. The summed E-state index contributed by atoms with van der Waals surface area (Å²) in [7, 11) is 1.65. The van der Waals surface area contributed by atoms with Gasteiger partial charge in [-0.1, -0.05) is 13.0 Å². The third-order valence-corrected chi connectivity index (χ3v) is 6.51. The van der Waals surface area contributed by atoms with Gasteiger partial charge in [0.05, 0.1) is 25.8 Å². The van der Waals surface area contributed by atoms with E-state index in [2.05, 4.69) is 23.3 Å². The van der Waals surface area contributed by atoms with Crippen molar-refractivity contribution in [1.82, 2.24) is 15.3 Å². The summed E-state index contributed by atoms with van der Waals surface area (Å²) in [5.41, 5.74) is 4.31. The maximum Gasteiger partial charge on any atom is 0.303 e. The van der Waals surface area contributed by atoms with Gasteiger partial charge in [0, 0.05) is 17.8 Å². The fourth-order valence-electron chi connectivity index (χ4n) is 4.64. The number of nitrogens with zero attached hydrogens (tertiary/aromatic N) is 2. The van der Waals surface area contributed by atoms with Crippen LogP contribution in [0.3, 0.4) is 0 Å². The van der Waals surface area contributed by atoms with Crippen molar-refractivity contribution in [2.75, 3.05) is 20.3 Å². The number of ether oxygens (including phenoxy) is 2. The standard InChI is InChI=1S/C28H33N3O4/c1-3-25(26-13-15-30-28(31-26)19-7-9-22(34-2)10-8-19)29-14-4-16-35-23-11-12-24-20(17-23)5-6-21(24)18-27(32)33/h7-13,15,17,21,25,29H,3-6,14,16,18H2,1-2H3,(H,32,33)/t21-,25?/m0/s1. The van der Waals surface area contributed by atoms with Gasteiger partial charge in [-0.15, -0.1) is 0 Å². The highest BCUT2D eigenvalue weighted by Gasteiger charge is 2.24. The van der Waals surface area contributed by atoms with Gasteiger partial charge >= 0.3 is 5.97 Å². The highest BCUT2D eigenvalue weighted by molar-refractivity contribution is 5.68. The molecule has 7 nitrogen and oxygen atoms in total. The summed E-state index contributed by atoms with van der Waals surface area (Å²) in [6, 6.07) is 15.9. The molecule has 1 aliphatic rings. The van der Waals surface area contributed by atoms with Gasteiger partial charge in [-0.25, -0.2) is 9.97 Å². The van der Waals surface area contributed by atoms with Gasteiger partial charge in [-0.2, -0.15) is 0 Å². The molecule has 1 unspecified atom stereocenters. The number of rotatable bonds is 12. The van der Waals surface area contributed by atoms with E-state index in [0.717, 1.165) is 60.5 Å². The van der Waals surface area contributed by atoms with Crippen molar-refractivity contribution in [3.63, 3.8) is 0 Å². The van der Waals surface area contributed by atoms with Crippen LogP contribution in [0, 0.1) is 0 Å². The SMILES string of the molecule is CCC(NCCCOc1ccc2c(c1)CC[C@H]2CC(=O)O)c1ccnc(-c2ccc(OC)cc2)n1. The van der Waals surface area contributed by atoms with Crippen molar-refractivity contribution < 1.29 is 19.4 Å². The van der Waals surface area contributed by atoms with Crippen LogP contribution in [0.5, 0.6) is 11.5 Å². The number of carboxylic acid groups (broad SMARTS) is 1. The van der Waals surface area contributed by atoms with Gasteiger partial charge in [-0.3, -0.25) is 4.79 Å². The predicted octanol–water partition coefficient (Wildman–Crippen LogP) is 5.17. The Hall–Kier alpha value is -3.45. The molecule has 0 amide bonds. The molecular formula is C28H33N3O4. The number of carbonyl (C=O) groups is 1. The van der Waals surface area contributed by atoms with E-state index in [1.165, 1.54) is 5.56 Å². The summed E-state index contributed by atoms with van der Waals surface area (Å²) in [6.07, 6.45) is 5.61. The first-order chi connectivity index (χ1) is 17.1. The molecule has 2 aromatic carbocycles. The van der Waals surface area contributed by atoms with Gasteiger partial charge in [0.1, 0.15) is 11.5 Å². The molecule has 0 bridgehead atoms. The second-order valence-electron chi connectivity index (χ2n) is 8.84. The van der Waals surface area contributed by atoms with Crippen LogP contribution in [0.25, 0.3) is 11.4 Å². The van der Waals surface area contributed by atoms with Crippen molar-refractivity contribution in [2.24, 2.45) is 0 Å².